The second kappa shape index (κ2) is 7.08. The molecule has 2 aliphatic rings. The van der Waals surface area contributed by atoms with Gasteiger partial charge in [0.2, 0.25) is 6.79 Å². The maximum atomic E-state index is 12.4. The molecule has 0 saturated carbocycles. The van der Waals surface area contributed by atoms with E-state index in [9.17, 15) is 9.90 Å². The fourth-order valence-electron chi connectivity index (χ4n) is 3.33. The number of fused-ring (bicyclic) bond motifs is 1. The number of pyridine rings is 1. The fourth-order valence-corrected chi connectivity index (χ4v) is 3.33. The van der Waals surface area contributed by atoms with Crippen molar-refractivity contribution < 1.29 is 24.1 Å². The van der Waals surface area contributed by atoms with E-state index in [4.69, 9.17) is 14.2 Å². The van der Waals surface area contributed by atoms with E-state index in [1.807, 2.05) is 19.1 Å². The lowest BCUT2D eigenvalue weighted by molar-refractivity contribution is -0.138. The summed E-state index contributed by atoms with van der Waals surface area (Å²) in [6.07, 6.45) is 2.67. The van der Waals surface area contributed by atoms with Crippen molar-refractivity contribution in [3.63, 3.8) is 0 Å². The van der Waals surface area contributed by atoms with Crippen LogP contribution in [0.1, 0.15) is 24.1 Å². The summed E-state index contributed by atoms with van der Waals surface area (Å²) in [6, 6.07) is 9.02. The molecule has 0 spiro atoms. The zero-order valence-corrected chi connectivity index (χ0v) is 15.2. The second-order valence-electron chi connectivity index (χ2n) is 6.94. The van der Waals surface area contributed by atoms with Crippen molar-refractivity contribution in [1.82, 2.24) is 9.88 Å². The van der Waals surface area contributed by atoms with Crippen LogP contribution in [0.5, 0.6) is 17.2 Å². The zero-order valence-electron chi connectivity index (χ0n) is 15.2. The van der Waals surface area contributed by atoms with Crippen LogP contribution in [0.15, 0.2) is 36.5 Å². The predicted octanol–water partition coefficient (Wildman–Crippen LogP) is 2.01. The first-order valence-corrected chi connectivity index (χ1v) is 8.99. The van der Waals surface area contributed by atoms with Gasteiger partial charge in [0.15, 0.2) is 18.1 Å². The molecule has 1 saturated heterocycles. The van der Waals surface area contributed by atoms with E-state index in [0.717, 1.165) is 5.56 Å². The summed E-state index contributed by atoms with van der Waals surface area (Å²) in [5.74, 6) is 1.75. The predicted molar refractivity (Wildman–Crippen MR) is 96.7 cm³/mol. The lowest BCUT2D eigenvalue weighted by Gasteiger charge is -2.37. The van der Waals surface area contributed by atoms with Crippen LogP contribution >= 0.6 is 0 Å². The molecule has 1 N–H and O–H groups in total. The fraction of sp³-hybridized carbons (Fsp3) is 0.400. The first-order valence-electron chi connectivity index (χ1n) is 8.99. The van der Waals surface area contributed by atoms with Crippen molar-refractivity contribution in [1.29, 1.82) is 0 Å². The maximum Gasteiger partial charge on any atom is 0.260 e. The van der Waals surface area contributed by atoms with Crippen LogP contribution in [0, 0.1) is 6.92 Å². The number of hydrogen-bond donors (Lipinski definition) is 1. The highest BCUT2D eigenvalue weighted by Crippen LogP contribution is 2.35. The Morgan fingerprint density at radius 2 is 2.00 bits per heavy atom. The molecule has 0 radical (unpaired) electrons. The average molecular weight is 370 g/mol. The first kappa shape index (κ1) is 17.6. The standard InChI is InChI=1S/C20H22N2O5/c1-14-2-5-18(21-11-14)20(24)6-8-22(9-7-20)19(23)12-25-15-3-4-16-17(10-15)27-13-26-16/h2-5,10-11,24H,6-9,12-13H2,1H3. The van der Waals surface area contributed by atoms with Crippen LogP contribution in [0.2, 0.25) is 0 Å². The number of aliphatic hydroxyl groups is 1. The van der Waals surface area contributed by atoms with E-state index in [-0.39, 0.29) is 19.3 Å². The van der Waals surface area contributed by atoms with Crippen LogP contribution < -0.4 is 14.2 Å². The van der Waals surface area contributed by atoms with Crippen LogP contribution in [-0.4, -0.2) is 47.4 Å². The largest absolute Gasteiger partial charge is 0.484 e. The van der Waals surface area contributed by atoms with Crippen LogP contribution in [0.3, 0.4) is 0 Å². The number of rotatable bonds is 4. The minimum atomic E-state index is -0.983. The zero-order chi connectivity index (χ0) is 18.9. The molecule has 27 heavy (non-hydrogen) atoms. The SMILES string of the molecule is Cc1ccc(C2(O)CCN(C(=O)COc3ccc4c(c3)OCO4)CC2)nc1. The number of aryl methyl sites for hydroxylation is 1. The summed E-state index contributed by atoms with van der Waals surface area (Å²) >= 11 is 0. The number of hydrogen-bond acceptors (Lipinski definition) is 6. The molecular weight excluding hydrogens is 348 g/mol. The minimum absolute atomic E-state index is 0.0547. The molecule has 1 fully saturated rings. The average Bonchev–Trinajstić information content (AvgIpc) is 3.15. The molecule has 0 bridgehead atoms. The highest BCUT2D eigenvalue weighted by atomic mass is 16.7. The number of benzene rings is 1. The normalized spacial score (nSPS) is 17.6. The van der Waals surface area contributed by atoms with E-state index < -0.39 is 5.60 Å². The Morgan fingerprint density at radius 1 is 1.22 bits per heavy atom. The lowest BCUT2D eigenvalue weighted by atomic mass is 9.87. The maximum absolute atomic E-state index is 12.4. The second-order valence-corrected chi connectivity index (χ2v) is 6.94. The third-order valence-electron chi connectivity index (χ3n) is 5.04. The van der Waals surface area contributed by atoms with E-state index in [1.54, 1.807) is 29.3 Å². The molecule has 1 aromatic heterocycles. The van der Waals surface area contributed by atoms with Crippen molar-refractivity contribution >= 4 is 5.91 Å². The smallest absolute Gasteiger partial charge is 0.260 e. The molecule has 142 valence electrons. The highest BCUT2D eigenvalue weighted by molar-refractivity contribution is 5.78. The van der Waals surface area contributed by atoms with Crippen LogP contribution in [-0.2, 0) is 10.4 Å². The highest BCUT2D eigenvalue weighted by Gasteiger charge is 2.36. The molecule has 0 atom stereocenters. The number of carbonyl (C=O) groups excluding carboxylic acids is 1. The van der Waals surface area contributed by atoms with Gasteiger partial charge in [0.05, 0.1) is 5.69 Å². The van der Waals surface area contributed by atoms with Crippen molar-refractivity contribution in [2.75, 3.05) is 26.5 Å². The van der Waals surface area contributed by atoms with E-state index in [0.29, 0.717) is 48.9 Å². The van der Waals surface area contributed by atoms with Gasteiger partial charge in [-0.05, 0) is 43.5 Å². The van der Waals surface area contributed by atoms with Gasteiger partial charge >= 0.3 is 0 Å². The first-order chi connectivity index (χ1) is 13.0. The molecule has 3 heterocycles. The Labute approximate surface area is 157 Å². The van der Waals surface area contributed by atoms with Gasteiger partial charge in [-0.3, -0.25) is 9.78 Å². The molecule has 7 nitrogen and oxygen atoms in total. The van der Waals surface area contributed by atoms with Crippen LogP contribution in [0.4, 0.5) is 0 Å². The monoisotopic (exact) mass is 370 g/mol. The topological polar surface area (TPSA) is 81.1 Å². The number of ether oxygens (including phenoxy) is 3. The number of carbonyl (C=O) groups is 1. The van der Waals surface area contributed by atoms with Gasteiger partial charge in [-0.2, -0.15) is 0 Å². The Balaban J connectivity index is 1.31. The number of nitrogens with zero attached hydrogens (tertiary/aromatic N) is 2. The van der Waals surface area contributed by atoms with E-state index in [1.165, 1.54) is 0 Å². The van der Waals surface area contributed by atoms with Crippen molar-refractivity contribution in [3.8, 4) is 17.2 Å². The summed E-state index contributed by atoms with van der Waals surface area (Å²) in [7, 11) is 0. The van der Waals surface area contributed by atoms with E-state index in [2.05, 4.69) is 4.98 Å². The summed E-state index contributed by atoms with van der Waals surface area (Å²) in [5.41, 5.74) is 0.732. The number of piperidine rings is 1. The third kappa shape index (κ3) is 3.68. The van der Waals surface area contributed by atoms with E-state index >= 15 is 0 Å². The summed E-state index contributed by atoms with van der Waals surface area (Å²) in [6.45, 7) is 3.04. The molecule has 0 unspecified atom stereocenters. The third-order valence-corrected chi connectivity index (χ3v) is 5.04. The van der Waals surface area contributed by atoms with Gasteiger partial charge in [-0.15, -0.1) is 0 Å². The van der Waals surface area contributed by atoms with Crippen molar-refractivity contribution in [2.24, 2.45) is 0 Å². The molecule has 1 amide bonds. The molecule has 7 heteroatoms. The Hall–Kier alpha value is -2.80. The summed E-state index contributed by atoms with van der Waals surface area (Å²) in [4.78, 5) is 18.5. The van der Waals surface area contributed by atoms with Gasteiger partial charge < -0.3 is 24.2 Å². The molecular formula is C20H22N2O5. The van der Waals surface area contributed by atoms with Crippen molar-refractivity contribution in [2.45, 2.75) is 25.4 Å². The number of aromatic nitrogens is 1. The van der Waals surface area contributed by atoms with Crippen LogP contribution in [0.25, 0.3) is 0 Å². The summed E-state index contributed by atoms with van der Waals surface area (Å²) < 4.78 is 16.2. The van der Waals surface area contributed by atoms with Gasteiger partial charge in [0.1, 0.15) is 11.4 Å². The quantitative estimate of drug-likeness (QED) is 0.887. The number of amides is 1. The molecule has 2 aromatic rings. The van der Waals surface area contributed by atoms with Crippen molar-refractivity contribution in [3.05, 3.63) is 47.8 Å². The number of likely N-dealkylation sites (tertiary alicyclic amines) is 1. The Morgan fingerprint density at radius 3 is 2.74 bits per heavy atom. The summed E-state index contributed by atoms with van der Waals surface area (Å²) in [5, 5.41) is 10.9. The molecule has 4 rings (SSSR count). The van der Waals surface area contributed by atoms with Gasteiger partial charge in [0, 0.05) is 25.4 Å². The van der Waals surface area contributed by atoms with Gasteiger partial charge in [-0.1, -0.05) is 6.07 Å². The van der Waals surface area contributed by atoms with Gasteiger partial charge in [0.25, 0.3) is 5.91 Å². The molecule has 1 aromatic carbocycles. The Kier molecular flexibility index (Phi) is 4.61. The Bertz CT molecular complexity index is 829. The lowest BCUT2D eigenvalue weighted by Crippen LogP contribution is -2.46. The van der Waals surface area contributed by atoms with Gasteiger partial charge in [-0.25, -0.2) is 0 Å². The molecule has 0 aliphatic carbocycles. The minimum Gasteiger partial charge on any atom is -0.484 e. The molecule has 2 aliphatic heterocycles.